The van der Waals surface area contributed by atoms with Gasteiger partial charge in [-0.15, -0.1) is 0 Å². The molecule has 1 aromatic carbocycles. The standard InChI is InChI=1S/C15H16FN3O4/c1-17-12-8-9(16)2-3-11(12)19(14(21)13(17)20)10-4-6-18(7-5-10)15(22)23/h2-3,8,10H,4-7H2,1H3,(H,22,23). The quantitative estimate of drug-likeness (QED) is 0.799. The van der Waals surface area contributed by atoms with Gasteiger partial charge in [0, 0.05) is 26.2 Å². The van der Waals surface area contributed by atoms with Gasteiger partial charge < -0.3 is 14.6 Å². The largest absolute Gasteiger partial charge is 0.465 e. The van der Waals surface area contributed by atoms with E-state index in [9.17, 15) is 18.8 Å². The summed E-state index contributed by atoms with van der Waals surface area (Å²) in [5.41, 5.74) is -0.563. The Balaban J connectivity index is 2.13. The third-order valence-corrected chi connectivity index (χ3v) is 4.36. The number of amides is 1. The van der Waals surface area contributed by atoms with Gasteiger partial charge in [-0.3, -0.25) is 14.2 Å². The summed E-state index contributed by atoms with van der Waals surface area (Å²) in [6.07, 6.45) is -0.121. The highest BCUT2D eigenvalue weighted by Crippen LogP contribution is 2.24. The number of hydrogen-bond acceptors (Lipinski definition) is 3. The first-order chi connectivity index (χ1) is 10.9. The van der Waals surface area contributed by atoms with Crippen LogP contribution in [-0.4, -0.2) is 38.3 Å². The zero-order valence-corrected chi connectivity index (χ0v) is 12.5. The van der Waals surface area contributed by atoms with E-state index in [1.165, 1.54) is 34.7 Å². The van der Waals surface area contributed by atoms with Crippen LogP contribution in [0.15, 0.2) is 27.8 Å². The summed E-state index contributed by atoms with van der Waals surface area (Å²) < 4.78 is 16.0. The minimum Gasteiger partial charge on any atom is -0.465 e. The van der Waals surface area contributed by atoms with Crippen molar-refractivity contribution >= 4 is 17.1 Å². The molecule has 1 aliphatic heterocycles. The molecule has 8 heteroatoms. The normalized spacial score (nSPS) is 16.0. The number of nitrogens with zero attached hydrogens (tertiary/aromatic N) is 3. The van der Waals surface area contributed by atoms with Crippen LogP contribution in [0.2, 0.25) is 0 Å². The van der Waals surface area contributed by atoms with Gasteiger partial charge in [0.25, 0.3) is 0 Å². The number of fused-ring (bicyclic) bond motifs is 1. The number of hydrogen-bond donors (Lipinski definition) is 1. The number of halogens is 1. The van der Waals surface area contributed by atoms with Crippen molar-refractivity contribution in [3.63, 3.8) is 0 Å². The predicted molar refractivity (Wildman–Crippen MR) is 81.3 cm³/mol. The van der Waals surface area contributed by atoms with Gasteiger partial charge in [0.15, 0.2) is 0 Å². The monoisotopic (exact) mass is 321 g/mol. The molecule has 122 valence electrons. The van der Waals surface area contributed by atoms with Gasteiger partial charge in [-0.25, -0.2) is 9.18 Å². The number of likely N-dealkylation sites (tertiary alicyclic amines) is 1. The van der Waals surface area contributed by atoms with Crippen molar-refractivity contribution in [1.82, 2.24) is 14.0 Å². The summed E-state index contributed by atoms with van der Waals surface area (Å²) in [5.74, 6) is -0.488. The van der Waals surface area contributed by atoms with Crippen LogP contribution in [0.5, 0.6) is 0 Å². The van der Waals surface area contributed by atoms with E-state index < -0.39 is 23.0 Å². The molecule has 1 aliphatic rings. The third kappa shape index (κ3) is 2.49. The fourth-order valence-electron chi connectivity index (χ4n) is 3.11. The maximum absolute atomic E-state index is 13.5. The molecule has 7 nitrogen and oxygen atoms in total. The molecular formula is C15H16FN3O4. The molecule has 23 heavy (non-hydrogen) atoms. The summed E-state index contributed by atoms with van der Waals surface area (Å²) in [7, 11) is 1.43. The zero-order chi connectivity index (χ0) is 16.7. The highest BCUT2D eigenvalue weighted by Gasteiger charge is 2.26. The molecule has 2 aromatic rings. The Kier molecular flexibility index (Phi) is 3.67. The summed E-state index contributed by atoms with van der Waals surface area (Å²) in [6.45, 7) is 0.592. The number of benzene rings is 1. The Morgan fingerprint density at radius 3 is 2.43 bits per heavy atom. The Hall–Kier alpha value is -2.64. The first kappa shape index (κ1) is 15.3. The van der Waals surface area contributed by atoms with Crippen molar-refractivity contribution in [3.8, 4) is 0 Å². The van der Waals surface area contributed by atoms with Gasteiger partial charge in [-0.1, -0.05) is 0 Å². The lowest BCUT2D eigenvalue weighted by molar-refractivity contribution is 0.125. The minimum absolute atomic E-state index is 0.278. The molecule has 0 aliphatic carbocycles. The van der Waals surface area contributed by atoms with Crippen LogP contribution in [-0.2, 0) is 7.05 Å². The van der Waals surface area contributed by atoms with E-state index in [1.54, 1.807) is 0 Å². The van der Waals surface area contributed by atoms with Crippen LogP contribution in [0.1, 0.15) is 18.9 Å². The number of carbonyl (C=O) groups is 1. The molecule has 0 saturated carbocycles. The molecule has 3 rings (SSSR count). The SMILES string of the molecule is Cn1c(=O)c(=O)n(C2CCN(C(=O)O)CC2)c2ccc(F)cc21. The molecule has 0 atom stereocenters. The molecule has 0 unspecified atom stereocenters. The summed E-state index contributed by atoms with van der Waals surface area (Å²) in [5, 5.41) is 8.99. The number of carboxylic acid groups (broad SMARTS) is 1. The van der Waals surface area contributed by atoms with Gasteiger partial charge >= 0.3 is 17.2 Å². The number of rotatable bonds is 1. The highest BCUT2D eigenvalue weighted by molar-refractivity contribution is 5.75. The smallest absolute Gasteiger partial charge is 0.407 e. The molecule has 0 radical (unpaired) electrons. The number of aryl methyl sites for hydroxylation is 1. The molecule has 2 heterocycles. The van der Waals surface area contributed by atoms with Crippen molar-refractivity contribution in [2.45, 2.75) is 18.9 Å². The van der Waals surface area contributed by atoms with E-state index in [1.807, 2.05) is 0 Å². The van der Waals surface area contributed by atoms with Crippen LogP contribution in [0.3, 0.4) is 0 Å². The summed E-state index contributed by atoms with van der Waals surface area (Å²) in [4.78, 5) is 36.8. The molecule has 1 fully saturated rings. The Bertz CT molecular complexity index is 894. The predicted octanol–water partition coefficient (Wildman–Crippen LogP) is 1.15. The number of aromatic nitrogens is 2. The first-order valence-corrected chi connectivity index (χ1v) is 7.29. The van der Waals surface area contributed by atoms with Gasteiger partial charge in [0.05, 0.1) is 11.0 Å². The second-order valence-electron chi connectivity index (χ2n) is 5.67. The van der Waals surface area contributed by atoms with Crippen LogP contribution >= 0.6 is 0 Å². The maximum Gasteiger partial charge on any atom is 0.407 e. The van der Waals surface area contributed by atoms with E-state index in [2.05, 4.69) is 0 Å². The van der Waals surface area contributed by atoms with Crippen molar-refractivity contribution < 1.29 is 14.3 Å². The lowest BCUT2D eigenvalue weighted by Crippen LogP contribution is -2.45. The van der Waals surface area contributed by atoms with Crippen LogP contribution in [0.4, 0.5) is 9.18 Å². The van der Waals surface area contributed by atoms with Crippen LogP contribution in [0, 0.1) is 5.82 Å². The van der Waals surface area contributed by atoms with Gasteiger partial charge in [-0.2, -0.15) is 0 Å². The molecule has 1 N–H and O–H groups in total. The highest BCUT2D eigenvalue weighted by atomic mass is 19.1. The van der Waals surface area contributed by atoms with E-state index in [0.717, 1.165) is 4.57 Å². The second kappa shape index (κ2) is 5.53. The van der Waals surface area contributed by atoms with E-state index >= 15 is 0 Å². The maximum atomic E-state index is 13.5. The zero-order valence-electron chi connectivity index (χ0n) is 12.5. The summed E-state index contributed by atoms with van der Waals surface area (Å²) in [6, 6.07) is 3.67. The fourth-order valence-corrected chi connectivity index (χ4v) is 3.11. The third-order valence-electron chi connectivity index (χ3n) is 4.36. The van der Waals surface area contributed by atoms with Crippen molar-refractivity contribution in [1.29, 1.82) is 0 Å². The van der Waals surface area contributed by atoms with Crippen molar-refractivity contribution in [3.05, 3.63) is 44.7 Å². The Labute approximate surface area is 130 Å². The Morgan fingerprint density at radius 2 is 1.83 bits per heavy atom. The van der Waals surface area contributed by atoms with Gasteiger partial charge in [0.1, 0.15) is 5.82 Å². The fraction of sp³-hybridized carbons (Fsp3) is 0.400. The lowest BCUT2D eigenvalue weighted by Gasteiger charge is -2.31. The molecule has 0 bridgehead atoms. The van der Waals surface area contributed by atoms with Crippen LogP contribution < -0.4 is 11.1 Å². The van der Waals surface area contributed by atoms with Gasteiger partial charge in [-0.05, 0) is 31.0 Å². The van der Waals surface area contributed by atoms with E-state index in [0.29, 0.717) is 37.0 Å². The molecular weight excluding hydrogens is 305 g/mol. The molecule has 1 aromatic heterocycles. The summed E-state index contributed by atoms with van der Waals surface area (Å²) >= 11 is 0. The van der Waals surface area contributed by atoms with E-state index in [4.69, 9.17) is 5.11 Å². The van der Waals surface area contributed by atoms with Gasteiger partial charge in [0.2, 0.25) is 0 Å². The second-order valence-corrected chi connectivity index (χ2v) is 5.67. The number of piperidine rings is 1. The first-order valence-electron chi connectivity index (χ1n) is 7.29. The lowest BCUT2D eigenvalue weighted by atomic mass is 10.0. The minimum atomic E-state index is -0.994. The molecule has 0 spiro atoms. The average Bonchev–Trinajstić information content (AvgIpc) is 2.54. The van der Waals surface area contributed by atoms with Crippen molar-refractivity contribution in [2.24, 2.45) is 7.05 Å². The van der Waals surface area contributed by atoms with Crippen LogP contribution in [0.25, 0.3) is 11.0 Å². The molecule has 1 saturated heterocycles. The molecule has 1 amide bonds. The Morgan fingerprint density at radius 1 is 1.17 bits per heavy atom. The van der Waals surface area contributed by atoms with Crippen molar-refractivity contribution in [2.75, 3.05) is 13.1 Å². The topological polar surface area (TPSA) is 84.5 Å². The van der Waals surface area contributed by atoms with E-state index in [-0.39, 0.29) is 6.04 Å². The average molecular weight is 321 g/mol.